The lowest BCUT2D eigenvalue weighted by molar-refractivity contribution is -0.255. The Morgan fingerprint density at radius 1 is 1.54 bits per heavy atom. The molecule has 0 saturated carbocycles. The molecule has 0 fully saturated rings. The summed E-state index contributed by atoms with van der Waals surface area (Å²) in [6.07, 6.45) is 3.91. The molecule has 7 nitrogen and oxygen atoms in total. The first kappa shape index (κ1) is 7.47. The van der Waals surface area contributed by atoms with Crippen LogP contribution in [0.4, 0.5) is 0 Å². The molecular weight excluding hydrogens is 174 g/mol. The van der Waals surface area contributed by atoms with Crippen LogP contribution in [0.3, 0.4) is 0 Å². The summed E-state index contributed by atoms with van der Waals surface area (Å²) in [5, 5.41) is 16.5. The van der Waals surface area contributed by atoms with Crippen LogP contribution in [0.1, 0.15) is 10.5 Å². The highest BCUT2D eigenvalue weighted by Crippen LogP contribution is 2.00. The van der Waals surface area contributed by atoms with Gasteiger partial charge in [-0.3, -0.25) is 4.57 Å². The molecule has 66 valence electrons. The standard InChI is InChI=1S/C6H5N5O2/c12-5(13)4-1-11(3-8-4)6-7-2-9-10-6/h1-3H,(H,12,13)(H,7,9,10)/p-1. The van der Waals surface area contributed by atoms with Crippen LogP contribution in [0.15, 0.2) is 18.9 Å². The van der Waals surface area contributed by atoms with Gasteiger partial charge in [0.05, 0.1) is 5.97 Å². The fraction of sp³-hybridized carbons (Fsp3) is 0. The maximum atomic E-state index is 10.4. The molecule has 0 aromatic carbocycles. The second-order valence-corrected chi connectivity index (χ2v) is 2.26. The number of carboxylic acids is 1. The largest absolute Gasteiger partial charge is 0.543 e. The molecule has 13 heavy (non-hydrogen) atoms. The maximum Gasteiger partial charge on any atom is 0.230 e. The molecule has 7 heteroatoms. The Morgan fingerprint density at radius 3 is 2.92 bits per heavy atom. The van der Waals surface area contributed by atoms with Crippen molar-refractivity contribution in [2.75, 3.05) is 0 Å². The van der Waals surface area contributed by atoms with Crippen LogP contribution in [0.5, 0.6) is 0 Å². The summed E-state index contributed by atoms with van der Waals surface area (Å²) in [6.45, 7) is 0. The fourth-order valence-corrected chi connectivity index (χ4v) is 0.867. The number of nitrogens with zero attached hydrogens (tertiary/aromatic N) is 4. The van der Waals surface area contributed by atoms with Gasteiger partial charge in [0.1, 0.15) is 18.3 Å². The molecule has 0 aliphatic heterocycles. The SMILES string of the molecule is O=C([O-])c1cn(-c2ncn[nH]2)cn1. The van der Waals surface area contributed by atoms with Crippen molar-refractivity contribution in [3.05, 3.63) is 24.5 Å². The first-order valence-corrected chi connectivity index (χ1v) is 3.38. The van der Waals surface area contributed by atoms with Crippen molar-refractivity contribution < 1.29 is 9.90 Å². The van der Waals surface area contributed by atoms with Gasteiger partial charge in [-0.25, -0.2) is 10.1 Å². The Balaban J connectivity index is 2.39. The number of aromatic nitrogens is 5. The highest BCUT2D eigenvalue weighted by atomic mass is 16.4. The van der Waals surface area contributed by atoms with E-state index < -0.39 is 5.97 Å². The number of carboxylic acid groups (broad SMARTS) is 1. The minimum absolute atomic E-state index is 0.142. The van der Waals surface area contributed by atoms with E-state index in [1.165, 1.54) is 23.4 Å². The number of H-pyrrole nitrogens is 1. The third-order valence-electron chi connectivity index (χ3n) is 1.44. The number of carbonyl (C=O) groups is 1. The van der Waals surface area contributed by atoms with E-state index in [4.69, 9.17) is 0 Å². The number of aromatic carboxylic acids is 1. The van der Waals surface area contributed by atoms with Crippen molar-refractivity contribution in [2.24, 2.45) is 0 Å². The molecule has 0 atom stereocenters. The van der Waals surface area contributed by atoms with Gasteiger partial charge in [0.25, 0.3) is 0 Å². The van der Waals surface area contributed by atoms with Crippen molar-refractivity contribution in [1.82, 2.24) is 24.7 Å². The van der Waals surface area contributed by atoms with Crippen LogP contribution in [-0.4, -0.2) is 30.7 Å². The van der Waals surface area contributed by atoms with Gasteiger partial charge in [-0.1, -0.05) is 0 Å². The average molecular weight is 178 g/mol. The predicted molar refractivity (Wildman–Crippen MR) is 37.8 cm³/mol. The minimum Gasteiger partial charge on any atom is -0.543 e. The zero-order valence-corrected chi connectivity index (χ0v) is 6.34. The number of hydrogen-bond acceptors (Lipinski definition) is 5. The van der Waals surface area contributed by atoms with Crippen molar-refractivity contribution in [1.29, 1.82) is 0 Å². The van der Waals surface area contributed by atoms with Gasteiger partial charge in [0.2, 0.25) is 5.95 Å². The molecule has 0 saturated heterocycles. The van der Waals surface area contributed by atoms with Crippen LogP contribution >= 0.6 is 0 Å². The molecule has 0 aliphatic rings. The molecule has 0 unspecified atom stereocenters. The van der Waals surface area contributed by atoms with Crippen LogP contribution in [0.25, 0.3) is 5.95 Å². The number of imidazole rings is 1. The Kier molecular flexibility index (Phi) is 1.55. The van der Waals surface area contributed by atoms with Crippen LogP contribution < -0.4 is 5.11 Å². The van der Waals surface area contributed by atoms with Crippen LogP contribution in [-0.2, 0) is 0 Å². The van der Waals surface area contributed by atoms with Gasteiger partial charge in [-0.15, -0.1) is 0 Å². The molecule has 2 heterocycles. The average Bonchev–Trinajstić information content (AvgIpc) is 2.75. The predicted octanol–water partition coefficient (Wildman–Crippen LogP) is -1.65. The monoisotopic (exact) mass is 178 g/mol. The van der Waals surface area contributed by atoms with Crippen molar-refractivity contribution in [3.63, 3.8) is 0 Å². The van der Waals surface area contributed by atoms with Gasteiger partial charge < -0.3 is 9.90 Å². The summed E-state index contributed by atoms with van der Waals surface area (Å²) < 4.78 is 1.40. The lowest BCUT2D eigenvalue weighted by Crippen LogP contribution is -2.22. The highest BCUT2D eigenvalue weighted by Gasteiger charge is 2.02. The number of aromatic amines is 1. The van der Waals surface area contributed by atoms with E-state index in [9.17, 15) is 9.90 Å². The number of carbonyl (C=O) groups excluding carboxylic acids is 1. The Hall–Kier alpha value is -2.18. The normalized spacial score (nSPS) is 10.2. The van der Waals surface area contributed by atoms with Gasteiger partial charge >= 0.3 is 0 Å². The Morgan fingerprint density at radius 2 is 2.38 bits per heavy atom. The first-order valence-electron chi connectivity index (χ1n) is 3.38. The third-order valence-corrected chi connectivity index (χ3v) is 1.44. The summed E-state index contributed by atoms with van der Waals surface area (Å²) in [5.74, 6) is -0.918. The van der Waals surface area contributed by atoms with E-state index in [0.717, 1.165) is 0 Å². The zero-order valence-electron chi connectivity index (χ0n) is 6.34. The Bertz CT molecular complexity index is 418. The molecule has 0 spiro atoms. The molecule has 2 aromatic rings. The van der Waals surface area contributed by atoms with Gasteiger partial charge in [-0.2, -0.15) is 10.1 Å². The van der Waals surface area contributed by atoms with E-state index in [2.05, 4.69) is 20.2 Å². The van der Waals surface area contributed by atoms with Crippen molar-refractivity contribution in [3.8, 4) is 5.95 Å². The molecule has 0 radical (unpaired) electrons. The second kappa shape index (κ2) is 2.70. The van der Waals surface area contributed by atoms with Crippen LogP contribution in [0, 0.1) is 0 Å². The lowest BCUT2D eigenvalue weighted by atomic mass is 10.5. The fourth-order valence-electron chi connectivity index (χ4n) is 0.867. The quantitative estimate of drug-likeness (QED) is 0.594. The van der Waals surface area contributed by atoms with E-state index in [0.29, 0.717) is 5.95 Å². The maximum absolute atomic E-state index is 10.4. The molecule has 0 aliphatic carbocycles. The number of nitrogens with one attached hydrogen (secondary N) is 1. The molecule has 1 N–H and O–H groups in total. The summed E-state index contributed by atoms with van der Waals surface area (Å²) in [5.41, 5.74) is -0.142. The van der Waals surface area contributed by atoms with Gasteiger partial charge in [0.15, 0.2) is 0 Å². The molecule has 2 rings (SSSR count). The van der Waals surface area contributed by atoms with Crippen molar-refractivity contribution in [2.45, 2.75) is 0 Å². The summed E-state index contributed by atoms with van der Waals surface area (Å²) in [4.78, 5) is 17.7. The van der Waals surface area contributed by atoms with E-state index >= 15 is 0 Å². The third kappa shape index (κ3) is 1.26. The molecule has 0 amide bonds. The molecule has 2 aromatic heterocycles. The Labute approximate surface area is 72.1 Å². The highest BCUT2D eigenvalue weighted by molar-refractivity contribution is 5.83. The van der Waals surface area contributed by atoms with E-state index in [-0.39, 0.29) is 5.69 Å². The zero-order chi connectivity index (χ0) is 9.26. The van der Waals surface area contributed by atoms with E-state index in [1.807, 2.05) is 0 Å². The smallest absolute Gasteiger partial charge is 0.230 e. The second-order valence-electron chi connectivity index (χ2n) is 2.26. The first-order chi connectivity index (χ1) is 6.27. The summed E-state index contributed by atoms with van der Waals surface area (Å²) >= 11 is 0. The van der Waals surface area contributed by atoms with Gasteiger partial charge in [0, 0.05) is 6.20 Å². The summed E-state index contributed by atoms with van der Waals surface area (Å²) in [6, 6.07) is 0. The summed E-state index contributed by atoms with van der Waals surface area (Å²) in [7, 11) is 0. The number of hydrogen-bond donors (Lipinski definition) is 1. The minimum atomic E-state index is -1.32. The van der Waals surface area contributed by atoms with Crippen molar-refractivity contribution >= 4 is 5.97 Å². The lowest BCUT2D eigenvalue weighted by Gasteiger charge is -1.93. The molecular formula is C6H4N5O2-. The molecule has 0 bridgehead atoms. The number of rotatable bonds is 2. The van der Waals surface area contributed by atoms with Crippen LogP contribution in [0.2, 0.25) is 0 Å². The topological polar surface area (TPSA) is 99.5 Å². The van der Waals surface area contributed by atoms with E-state index in [1.54, 1.807) is 0 Å². The van der Waals surface area contributed by atoms with Gasteiger partial charge in [-0.05, 0) is 0 Å².